The maximum atomic E-state index is 8.97. The first-order chi connectivity index (χ1) is 7.09. The molecule has 0 aliphatic rings. The predicted octanol–water partition coefficient (Wildman–Crippen LogP) is 1.63. The zero-order chi connectivity index (χ0) is 11.3. The minimum absolute atomic E-state index is 0.113. The average molecular weight is 209 g/mol. The number of nitrogens with two attached hydrogens (primary N) is 1. The van der Waals surface area contributed by atoms with Crippen molar-refractivity contribution in [3.8, 4) is 0 Å². The van der Waals surface area contributed by atoms with Crippen molar-refractivity contribution >= 4 is 11.5 Å². The molecule has 1 atom stereocenters. The highest BCUT2D eigenvalue weighted by Gasteiger charge is 2.21. The Labute approximate surface area is 90.5 Å². The van der Waals surface area contributed by atoms with E-state index in [4.69, 9.17) is 10.8 Å². The van der Waals surface area contributed by atoms with Gasteiger partial charge in [-0.15, -0.1) is 0 Å². The first kappa shape index (κ1) is 11.8. The highest BCUT2D eigenvalue weighted by Crippen LogP contribution is 2.20. The van der Waals surface area contributed by atoms with Crippen molar-refractivity contribution in [1.29, 1.82) is 0 Å². The fourth-order valence-corrected chi connectivity index (χ4v) is 1.36. The van der Waals surface area contributed by atoms with Gasteiger partial charge < -0.3 is 16.2 Å². The van der Waals surface area contributed by atoms with Gasteiger partial charge >= 0.3 is 0 Å². The summed E-state index contributed by atoms with van der Waals surface area (Å²) in [6.45, 7) is 4.33. The van der Waals surface area contributed by atoms with Gasteiger partial charge in [-0.2, -0.15) is 0 Å². The molecule has 0 bridgehead atoms. The number of pyridine rings is 1. The van der Waals surface area contributed by atoms with Gasteiger partial charge in [-0.05, 0) is 31.9 Å². The molecule has 1 unspecified atom stereocenters. The number of rotatable bonds is 5. The molecular formula is C11H19N3O. The van der Waals surface area contributed by atoms with E-state index in [2.05, 4.69) is 24.1 Å². The number of aliphatic hydroxyl groups excluding tert-OH is 1. The molecule has 15 heavy (non-hydrogen) atoms. The second-order valence-corrected chi connectivity index (χ2v) is 3.99. The third kappa shape index (κ3) is 3.40. The number of aliphatic hydroxyl groups is 1. The third-order valence-corrected chi connectivity index (χ3v) is 2.66. The minimum Gasteiger partial charge on any atom is -0.397 e. The first-order valence-electron chi connectivity index (χ1n) is 5.20. The van der Waals surface area contributed by atoms with E-state index in [-0.39, 0.29) is 12.1 Å². The van der Waals surface area contributed by atoms with Crippen LogP contribution in [0.1, 0.15) is 26.7 Å². The Morgan fingerprint density at radius 3 is 2.73 bits per heavy atom. The number of nitrogen functional groups attached to an aromatic ring is 1. The van der Waals surface area contributed by atoms with Crippen LogP contribution >= 0.6 is 0 Å². The Morgan fingerprint density at radius 2 is 2.27 bits per heavy atom. The molecule has 4 nitrogen and oxygen atoms in total. The van der Waals surface area contributed by atoms with Crippen LogP contribution in [0.3, 0.4) is 0 Å². The molecule has 0 saturated carbocycles. The van der Waals surface area contributed by atoms with Crippen LogP contribution in [-0.4, -0.2) is 22.2 Å². The van der Waals surface area contributed by atoms with Gasteiger partial charge in [0.1, 0.15) is 5.82 Å². The van der Waals surface area contributed by atoms with Crippen LogP contribution in [0.4, 0.5) is 11.5 Å². The standard InChI is InChI=1S/C11H19N3O/c1-3-11(2,6-7-15)14-10-5-4-9(12)8-13-10/h4-5,8,15H,3,6-7,12H2,1-2H3,(H,13,14). The van der Waals surface area contributed by atoms with Gasteiger partial charge in [-0.25, -0.2) is 4.98 Å². The van der Waals surface area contributed by atoms with Crippen LogP contribution < -0.4 is 11.1 Å². The summed E-state index contributed by atoms with van der Waals surface area (Å²) in [5.41, 5.74) is 6.09. The van der Waals surface area contributed by atoms with Crippen molar-refractivity contribution in [1.82, 2.24) is 4.98 Å². The fourth-order valence-electron chi connectivity index (χ4n) is 1.36. The van der Waals surface area contributed by atoms with E-state index in [1.165, 1.54) is 0 Å². The number of hydrogen-bond donors (Lipinski definition) is 3. The second kappa shape index (κ2) is 4.98. The normalized spacial score (nSPS) is 14.6. The Morgan fingerprint density at radius 1 is 1.53 bits per heavy atom. The lowest BCUT2D eigenvalue weighted by molar-refractivity contribution is 0.252. The number of nitrogens with one attached hydrogen (secondary N) is 1. The molecule has 4 N–H and O–H groups in total. The molecule has 0 radical (unpaired) electrons. The molecule has 4 heteroatoms. The highest BCUT2D eigenvalue weighted by atomic mass is 16.3. The zero-order valence-corrected chi connectivity index (χ0v) is 9.33. The lowest BCUT2D eigenvalue weighted by Crippen LogP contribution is -2.35. The van der Waals surface area contributed by atoms with E-state index < -0.39 is 0 Å². The molecule has 1 heterocycles. The lowest BCUT2D eigenvalue weighted by Gasteiger charge is -2.29. The van der Waals surface area contributed by atoms with Crippen LogP contribution in [0.25, 0.3) is 0 Å². The van der Waals surface area contributed by atoms with Crippen LogP contribution in [0.2, 0.25) is 0 Å². The summed E-state index contributed by atoms with van der Waals surface area (Å²) in [6.07, 6.45) is 3.26. The quantitative estimate of drug-likeness (QED) is 0.689. The van der Waals surface area contributed by atoms with Gasteiger partial charge in [0.2, 0.25) is 0 Å². The van der Waals surface area contributed by atoms with Crippen molar-refractivity contribution < 1.29 is 5.11 Å². The molecule has 0 aromatic carbocycles. The highest BCUT2D eigenvalue weighted by molar-refractivity contribution is 5.45. The lowest BCUT2D eigenvalue weighted by atomic mass is 9.95. The van der Waals surface area contributed by atoms with E-state index in [1.54, 1.807) is 6.20 Å². The van der Waals surface area contributed by atoms with Gasteiger partial charge in [-0.3, -0.25) is 0 Å². The maximum Gasteiger partial charge on any atom is 0.126 e. The first-order valence-corrected chi connectivity index (χ1v) is 5.20. The van der Waals surface area contributed by atoms with Crippen molar-refractivity contribution in [2.24, 2.45) is 0 Å². The summed E-state index contributed by atoms with van der Waals surface area (Å²) in [4.78, 5) is 4.18. The molecular weight excluding hydrogens is 190 g/mol. The topological polar surface area (TPSA) is 71.2 Å². The summed E-state index contributed by atoms with van der Waals surface area (Å²) in [7, 11) is 0. The van der Waals surface area contributed by atoms with Gasteiger partial charge in [-0.1, -0.05) is 6.92 Å². The summed E-state index contributed by atoms with van der Waals surface area (Å²) >= 11 is 0. The molecule has 0 aliphatic heterocycles. The molecule has 84 valence electrons. The Hall–Kier alpha value is -1.29. The zero-order valence-electron chi connectivity index (χ0n) is 9.33. The molecule has 0 saturated heterocycles. The monoisotopic (exact) mass is 209 g/mol. The van der Waals surface area contributed by atoms with E-state index in [1.807, 2.05) is 12.1 Å². The minimum atomic E-state index is -0.113. The number of anilines is 2. The predicted molar refractivity (Wildman–Crippen MR) is 62.7 cm³/mol. The Kier molecular flexibility index (Phi) is 3.91. The molecule has 0 aliphatic carbocycles. The third-order valence-electron chi connectivity index (χ3n) is 2.66. The van der Waals surface area contributed by atoms with Crippen molar-refractivity contribution in [3.05, 3.63) is 18.3 Å². The van der Waals surface area contributed by atoms with Gasteiger partial charge in [0, 0.05) is 12.1 Å². The van der Waals surface area contributed by atoms with E-state index in [0.29, 0.717) is 12.1 Å². The van der Waals surface area contributed by atoms with Gasteiger partial charge in [0.05, 0.1) is 11.9 Å². The maximum absolute atomic E-state index is 8.97. The van der Waals surface area contributed by atoms with Crippen LogP contribution in [0.15, 0.2) is 18.3 Å². The summed E-state index contributed by atoms with van der Waals surface area (Å²) in [5.74, 6) is 0.794. The number of nitrogens with zero attached hydrogens (tertiary/aromatic N) is 1. The molecule has 0 amide bonds. The summed E-state index contributed by atoms with van der Waals surface area (Å²) < 4.78 is 0. The molecule has 0 spiro atoms. The van der Waals surface area contributed by atoms with E-state index in [0.717, 1.165) is 12.2 Å². The van der Waals surface area contributed by atoms with Crippen LogP contribution in [0, 0.1) is 0 Å². The fraction of sp³-hybridized carbons (Fsp3) is 0.545. The van der Waals surface area contributed by atoms with Gasteiger partial charge in [0.25, 0.3) is 0 Å². The summed E-state index contributed by atoms with van der Waals surface area (Å²) in [5, 5.41) is 12.3. The van der Waals surface area contributed by atoms with Crippen LogP contribution in [0.5, 0.6) is 0 Å². The molecule has 0 fully saturated rings. The molecule has 1 aromatic rings. The van der Waals surface area contributed by atoms with Crippen molar-refractivity contribution in [2.75, 3.05) is 17.7 Å². The Balaban J connectivity index is 2.70. The number of aromatic nitrogens is 1. The smallest absolute Gasteiger partial charge is 0.126 e. The van der Waals surface area contributed by atoms with Crippen LogP contribution in [-0.2, 0) is 0 Å². The molecule has 1 aromatic heterocycles. The average Bonchev–Trinajstić information content (AvgIpc) is 2.22. The molecule has 1 rings (SSSR count). The summed E-state index contributed by atoms with van der Waals surface area (Å²) in [6, 6.07) is 3.66. The second-order valence-electron chi connectivity index (χ2n) is 3.99. The SMILES string of the molecule is CCC(C)(CCO)Nc1ccc(N)cn1. The Bertz CT molecular complexity index is 299. The largest absolute Gasteiger partial charge is 0.397 e. The van der Waals surface area contributed by atoms with Crippen molar-refractivity contribution in [2.45, 2.75) is 32.2 Å². The van der Waals surface area contributed by atoms with Gasteiger partial charge in [0.15, 0.2) is 0 Å². The van der Waals surface area contributed by atoms with Crippen molar-refractivity contribution in [3.63, 3.8) is 0 Å². The van der Waals surface area contributed by atoms with E-state index in [9.17, 15) is 0 Å². The van der Waals surface area contributed by atoms with E-state index >= 15 is 0 Å². The number of hydrogen-bond acceptors (Lipinski definition) is 4.